The maximum Gasteiger partial charge on any atom is 0.235 e. The second-order valence-corrected chi connectivity index (χ2v) is 6.78. The first-order valence-electron chi connectivity index (χ1n) is 6.39. The van der Waals surface area contributed by atoms with E-state index in [4.69, 9.17) is 0 Å². The molecule has 0 fully saturated rings. The molecule has 0 spiro atoms. The predicted molar refractivity (Wildman–Crippen MR) is 83.0 cm³/mol. The van der Waals surface area contributed by atoms with Crippen molar-refractivity contribution in [3.05, 3.63) is 17.5 Å². The van der Waals surface area contributed by atoms with Crippen LogP contribution in [0.2, 0.25) is 0 Å². The first-order chi connectivity index (χ1) is 9.54. The van der Waals surface area contributed by atoms with Crippen molar-refractivity contribution in [1.82, 2.24) is 19.7 Å². The van der Waals surface area contributed by atoms with Crippen molar-refractivity contribution in [2.75, 3.05) is 14.1 Å². The number of hydrogen-bond donors (Lipinski definition) is 0. The van der Waals surface area contributed by atoms with Gasteiger partial charge in [-0.05, 0) is 25.3 Å². The number of amides is 1. The fourth-order valence-electron chi connectivity index (χ4n) is 1.82. The molecule has 0 radical (unpaired) electrons. The molecule has 0 aliphatic rings. The Hall–Kier alpha value is -1.34. The lowest BCUT2D eigenvalue weighted by Gasteiger charge is -2.16. The predicted octanol–water partition coefficient (Wildman–Crippen LogP) is 2.60. The smallest absolute Gasteiger partial charge is 0.235 e. The molecule has 5 nitrogen and oxygen atoms in total. The molecule has 0 unspecified atom stereocenters. The third-order valence-electron chi connectivity index (χ3n) is 2.85. The zero-order valence-electron chi connectivity index (χ0n) is 12.0. The highest BCUT2D eigenvalue weighted by atomic mass is 32.2. The molecule has 0 aromatic carbocycles. The normalized spacial score (nSPS) is 12.4. The van der Waals surface area contributed by atoms with Gasteiger partial charge in [0, 0.05) is 20.6 Å². The van der Waals surface area contributed by atoms with Gasteiger partial charge in [0.25, 0.3) is 0 Å². The van der Waals surface area contributed by atoms with E-state index in [0.29, 0.717) is 0 Å². The van der Waals surface area contributed by atoms with Gasteiger partial charge < -0.3 is 9.47 Å². The molecule has 0 aliphatic heterocycles. The van der Waals surface area contributed by atoms with Crippen molar-refractivity contribution in [3.63, 3.8) is 0 Å². The Kier molecular flexibility index (Phi) is 4.82. The van der Waals surface area contributed by atoms with E-state index in [2.05, 4.69) is 21.7 Å². The van der Waals surface area contributed by atoms with E-state index in [9.17, 15) is 4.79 Å². The average molecular weight is 310 g/mol. The summed E-state index contributed by atoms with van der Waals surface area (Å²) in [6.45, 7) is 4.74. The maximum atomic E-state index is 11.9. The molecule has 1 amide bonds. The van der Waals surface area contributed by atoms with Crippen LogP contribution in [-0.2, 0) is 11.3 Å². The number of nitrogens with zero attached hydrogens (tertiary/aromatic N) is 4. The Morgan fingerprint density at radius 1 is 1.50 bits per heavy atom. The minimum absolute atomic E-state index is 0.0818. The topological polar surface area (TPSA) is 51.0 Å². The number of aromatic nitrogens is 3. The monoisotopic (exact) mass is 310 g/mol. The summed E-state index contributed by atoms with van der Waals surface area (Å²) >= 11 is 3.09. The number of thioether (sulfide) groups is 1. The summed E-state index contributed by atoms with van der Waals surface area (Å²) in [5.74, 6) is 0.952. The van der Waals surface area contributed by atoms with Crippen LogP contribution in [0.5, 0.6) is 0 Å². The molecule has 7 heteroatoms. The zero-order chi connectivity index (χ0) is 14.7. The highest BCUT2D eigenvalue weighted by Gasteiger charge is 2.21. The van der Waals surface area contributed by atoms with Gasteiger partial charge in [-0.2, -0.15) is 0 Å². The number of carbonyl (C=O) groups excluding carboxylic acids is 1. The minimum atomic E-state index is -0.171. The van der Waals surface area contributed by atoms with Crippen molar-refractivity contribution in [2.45, 2.75) is 30.8 Å². The van der Waals surface area contributed by atoms with Crippen molar-refractivity contribution < 1.29 is 4.79 Å². The number of thiophene rings is 1. The SMILES string of the molecule is CCn1c(S[C@@H](C)C(=O)N(C)C)nnc1-c1cccs1. The van der Waals surface area contributed by atoms with Crippen LogP contribution >= 0.6 is 23.1 Å². The molecule has 0 bridgehead atoms. The molecule has 2 aromatic rings. The van der Waals surface area contributed by atoms with Crippen molar-refractivity contribution in [1.29, 1.82) is 0 Å². The molecule has 0 aliphatic carbocycles. The first-order valence-corrected chi connectivity index (χ1v) is 8.15. The van der Waals surface area contributed by atoms with E-state index in [0.717, 1.165) is 22.4 Å². The third-order valence-corrected chi connectivity index (χ3v) is 4.78. The summed E-state index contributed by atoms with van der Waals surface area (Å²) in [7, 11) is 3.53. The minimum Gasteiger partial charge on any atom is -0.348 e. The summed E-state index contributed by atoms with van der Waals surface area (Å²) in [6, 6.07) is 4.03. The Morgan fingerprint density at radius 3 is 2.80 bits per heavy atom. The van der Waals surface area contributed by atoms with Gasteiger partial charge in [-0.1, -0.05) is 17.8 Å². The van der Waals surface area contributed by atoms with Crippen molar-refractivity contribution in [3.8, 4) is 10.7 Å². The van der Waals surface area contributed by atoms with Crippen LogP contribution < -0.4 is 0 Å². The van der Waals surface area contributed by atoms with Crippen LogP contribution in [0, 0.1) is 0 Å². The van der Waals surface area contributed by atoms with E-state index < -0.39 is 0 Å². The van der Waals surface area contributed by atoms with Crippen LogP contribution in [0.25, 0.3) is 10.7 Å². The van der Waals surface area contributed by atoms with Crippen LogP contribution in [0.15, 0.2) is 22.7 Å². The molecular weight excluding hydrogens is 292 g/mol. The summed E-state index contributed by atoms with van der Waals surface area (Å²) in [5, 5.41) is 11.1. The van der Waals surface area contributed by atoms with Crippen LogP contribution in [0.4, 0.5) is 0 Å². The van der Waals surface area contributed by atoms with E-state index in [1.54, 1.807) is 30.3 Å². The lowest BCUT2D eigenvalue weighted by molar-refractivity contribution is -0.127. The Labute approximate surface area is 127 Å². The molecule has 0 saturated carbocycles. The lowest BCUT2D eigenvalue weighted by Crippen LogP contribution is -2.29. The first kappa shape index (κ1) is 15.1. The molecule has 2 aromatic heterocycles. The molecule has 20 heavy (non-hydrogen) atoms. The molecule has 2 heterocycles. The summed E-state index contributed by atoms with van der Waals surface area (Å²) in [6.07, 6.45) is 0. The second-order valence-electron chi connectivity index (χ2n) is 4.52. The zero-order valence-corrected chi connectivity index (χ0v) is 13.7. The highest BCUT2D eigenvalue weighted by molar-refractivity contribution is 8.00. The van der Waals surface area contributed by atoms with Gasteiger partial charge >= 0.3 is 0 Å². The molecule has 0 saturated heterocycles. The summed E-state index contributed by atoms with van der Waals surface area (Å²) in [5.41, 5.74) is 0. The summed E-state index contributed by atoms with van der Waals surface area (Å²) in [4.78, 5) is 14.6. The number of hydrogen-bond acceptors (Lipinski definition) is 5. The largest absolute Gasteiger partial charge is 0.348 e. The van der Waals surface area contributed by atoms with E-state index in [-0.39, 0.29) is 11.2 Å². The third kappa shape index (κ3) is 3.04. The van der Waals surface area contributed by atoms with Crippen LogP contribution in [0.3, 0.4) is 0 Å². The van der Waals surface area contributed by atoms with E-state index >= 15 is 0 Å². The fraction of sp³-hybridized carbons (Fsp3) is 0.462. The lowest BCUT2D eigenvalue weighted by atomic mass is 10.4. The number of carbonyl (C=O) groups is 1. The molecular formula is C13H18N4OS2. The quantitative estimate of drug-likeness (QED) is 0.797. The number of rotatable bonds is 5. The Bertz CT molecular complexity index is 577. The Balaban J connectivity index is 2.23. The van der Waals surface area contributed by atoms with Gasteiger partial charge in [-0.15, -0.1) is 21.5 Å². The second kappa shape index (κ2) is 6.41. The van der Waals surface area contributed by atoms with Gasteiger partial charge in [0.05, 0.1) is 10.1 Å². The highest BCUT2D eigenvalue weighted by Crippen LogP contribution is 2.29. The maximum absolute atomic E-state index is 11.9. The van der Waals surface area contributed by atoms with Gasteiger partial charge in [-0.3, -0.25) is 4.79 Å². The molecule has 0 N–H and O–H groups in total. The van der Waals surface area contributed by atoms with Gasteiger partial charge in [0.1, 0.15) is 0 Å². The van der Waals surface area contributed by atoms with Crippen LogP contribution in [0.1, 0.15) is 13.8 Å². The summed E-state index contributed by atoms with van der Waals surface area (Å²) < 4.78 is 2.05. The van der Waals surface area contributed by atoms with Crippen molar-refractivity contribution >= 4 is 29.0 Å². The molecule has 108 valence electrons. The standard InChI is InChI=1S/C13H18N4OS2/c1-5-17-11(10-7-6-8-19-10)14-15-13(17)20-9(2)12(18)16(3)4/h6-9H,5H2,1-4H3/t9-/m0/s1. The van der Waals surface area contributed by atoms with Gasteiger partial charge in [0.15, 0.2) is 11.0 Å². The fourth-order valence-corrected chi connectivity index (χ4v) is 3.60. The van der Waals surface area contributed by atoms with Crippen molar-refractivity contribution in [2.24, 2.45) is 0 Å². The van der Waals surface area contributed by atoms with E-state index in [1.807, 2.05) is 24.4 Å². The van der Waals surface area contributed by atoms with Crippen LogP contribution in [-0.4, -0.2) is 44.9 Å². The molecule has 2 rings (SSSR count). The van der Waals surface area contributed by atoms with Gasteiger partial charge in [0.2, 0.25) is 5.91 Å². The van der Waals surface area contributed by atoms with E-state index in [1.165, 1.54) is 11.8 Å². The molecule has 1 atom stereocenters. The van der Waals surface area contributed by atoms with Gasteiger partial charge in [-0.25, -0.2) is 0 Å². The Morgan fingerprint density at radius 2 is 2.25 bits per heavy atom. The average Bonchev–Trinajstić information content (AvgIpc) is 3.05.